The van der Waals surface area contributed by atoms with Crippen molar-refractivity contribution in [3.05, 3.63) is 53.6 Å². The van der Waals surface area contributed by atoms with E-state index in [4.69, 9.17) is 9.47 Å². The number of aliphatic hydroxyl groups excluding tert-OH is 1. The molecule has 3 atom stereocenters. The number of rotatable bonds is 9. The molecular weight excluding hydrogens is 607 g/mol. The maximum Gasteiger partial charge on any atom is 0.416 e. The highest BCUT2D eigenvalue weighted by atomic mass is 19.4. The van der Waals surface area contributed by atoms with Crippen molar-refractivity contribution >= 4 is 29.2 Å². The molecule has 0 aromatic heterocycles. The minimum Gasteiger partial charge on any atom is -0.488 e. The van der Waals surface area contributed by atoms with Crippen molar-refractivity contribution in [3.8, 4) is 5.75 Å². The number of halogens is 3. The molecule has 1 saturated heterocycles. The van der Waals surface area contributed by atoms with Crippen molar-refractivity contribution in [2.24, 2.45) is 5.92 Å². The number of morpholine rings is 1. The average Bonchev–Trinajstić information content (AvgIpc) is 3.07. The summed E-state index contributed by atoms with van der Waals surface area (Å²) in [5.74, 6) is -0.246. The maximum absolute atomic E-state index is 13.5. The van der Waals surface area contributed by atoms with Crippen molar-refractivity contribution in [1.82, 2.24) is 14.7 Å². The SMILES string of the molecule is C[C@@H]1CN([C@H](C)CO)C(=O)Cc2cc(NC(=O)CCN3CCOCC3)ccc2O[C@H]1CN(C)C(=O)Nc1ccc(C(F)(F)F)cc1. The van der Waals surface area contributed by atoms with Gasteiger partial charge in [-0.25, -0.2) is 4.79 Å². The second kappa shape index (κ2) is 15.6. The molecule has 1 fully saturated rings. The Morgan fingerprint density at radius 2 is 1.76 bits per heavy atom. The second-order valence-electron chi connectivity index (χ2n) is 11.8. The number of nitrogens with zero attached hydrogens (tertiary/aromatic N) is 3. The molecule has 2 heterocycles. The zero-order valence-electron chi connectivity index (χ0n) is 26.3. The summed E-state index contributed by atoms with van der Waals surface area (Å²) >= 11 is 0. The van der Waals surface area contributed by atoms with Crippen LogP contribution < -0.4 is 15.4 Å². The summed E-state index contributed by atoms with van der Waals surface area (Å²) in [5, 5.41) is 15.4. The van der Waals surface area contributed by atoms with E-state index >= 15 is 0 Å². The highest BCUT2D eigenvalue weighted by Gasteiger charge is 2.33. The van der Waals surface area contributed by atoms with E-state index in [0.717, 1.165) is 25.2 Å². The predicted octanol–water partition coefficient (Wildman–Crippen LogP) is 3.68. The van der Waals surface area contributed by atoms with E-state index in [1.54, 1.807) is 30.0 Å². The first kappa shape index (κ1) is 35.0. The molecule has 46 heavy (non-hydrogen) atoms. The minimum absolute atomic E-state index is 0.0269. The molecule has 0 unspecified atom stereocenters. The van der Waals surface area contributed by atoms with E-state index in [0.29, 0.717) is 43.2 Å². The second-order valence-corrected chi connectivity index (χ2v) is 11.8. The third-order valence-electron chi connectivity index (χ3n) is 8.22. The molecular formula is C32H42F3N5O6. The lowest BCUT2D eigenvalue weighted by atomic mass is 10.0. The van der Waals surface area contributed by atoms with Crippen LogP contribution in [-0.2, 0) is 26.9 Å². The minimum atomic E-state index is -4.49. The van der Waals surface area contributed by atoms with Crippen LogP contribution in [0.4, 0.5) is 29.3 Å². The number of carbonyl (C=O) groups excluding carboxylic acids is 3. The van der Waals surface area contributed by atoms with Crippen LogP contribution in [0.5, 0.6) is 5.75 Å². The molecule has 0 radical (unpaired) electrons. The molecule has 14 heteroatoms. The van der Waals surface area contributed by atoms with Crippen LogP contribution in [0.3, 0.4) is 0 Å². The van der Waals surface area contributed by atoms with Crippen LogP contribution in [-0.4, -0.2) is 109 Å². The zero-order valence-corrected chi connectivity index (χ0v) is 26.3. The number of fused-ring (bicyclic) bond motifs is 1. The molecule has 0 bridgehead atoms. The number of amides is 4. The molecule has 0 saturated carbocycles. The predicted molar refractivity (Wildman–Crippen MR) is 166 cm³/mol. The van der Waals surface area contributed by atoms with Gasteiger partial charge in [0, 0.05) is 62.5 Å². The molecule has 0 aliphatic carbocycles. The summed E-state index contributed by atoms with van der Waals surface area (Å²) in [4.78, 5) is 44.3. The summed E-state index contributed by atoms with van der Waals surface area (Å²) in [6.07, 6.45) is -4.82. The van der Waals surface area contributed by atoms with E-state index in [-0.39, 0.29) is 49.5 Å². The van der Waals surface area contributed by atoms with Gasteiger partial charge in [-0.1, -0.05) is 6.92 Å². The number of ether oxygens (including phenoxy) is 2. The molecule has 0 spiro atoms. The van der Waals surface area contributed by atoms with Crippen molar-refractivity contribution in [3.63, 3.8) is 0 Å². The van der Waals surface area contributed by atoms with Crippen molar-refractivity contribution in [2.45, 2.75) is 45.0 Å². The summed E-state index contributed by atoms with van der Waals surface area (Å²) in [5.41, 5.74) is 0.437. The number of carbonyl (C=O) groups is 3. The lowest BCUT2D eigenvalue weighted by molar-refractivity contribution is -0.137. The highest BCUT2D eigenvalue weighted by Crippen LogP contribution is 2.31. The number of aliphatic hydroxyl groups is 1. The Bertz CT molecular complexity index is 1350. The fourth-order valence-corrected chi connectivity index (χ4v) is 5.35. The number of benzene rings is 2. The fraction of sp³-hybridized carbons (Fsp3) is 0.531. The van der Waals surface area contributed by atoms with Crippen molar-refractivity contribution in [1.29, 1.82) is 0 Å². The summed E-state index contributed by atoms with van der Waals surface area (Å²) in [7, 11) is 1.54. The highest BCUT2D eigenvalue weighted by molar-refractivity contribution is 5.91. The van der Waals surface area contributed by atoms with Crippen molar-refractivity contribution < 1.29 is 42.1 Å². The maximum atomic E-state index is 13.5. The van der Waals surface area contributed by atoms with Gasteiger partial charge in [0.2, 0.25) is 11.8 Å². The molecule has 2 aromatic rings. The van der Waals surface area contributed by atoms with E-state index < -0.39 is 29.9 Å². The molecule has 4 rings (SSSR count). The molecule has 252 valence electrons. The monoisotopic (exact) mass is 649 g/mol. The van der Waals surface area contributed by atoms with Gasteiger partial charge in [-0.2, -0.15) is 13.2 Å². The summed E-state index contributed by atoms with van der Waals surface area (Å²) < 4.78 is 50.6. The van der Waals surface area contributed by atoms with Crippen molar-refractivity contribution in [2.75, 3.05) is 70.2 Å². The smallest absolute Gasteiger partial charge is 0.416 e. The van der Waals surface area contributed by atoms with Crippen LogP contribution in [0.25, 0.3) is 0 Å². The Morgan fingerprint density at radius 1 is 1.09 bits per heavy atom. The first-order chi connectivity index (χ1) is 21.8. The van der Waals surface area contributed by atoms with Gasteiger partial charge in [0.1, 0.15) is 11.9 Å². The van der Waals surface area contributed by atoms with Gasteiger partial charge in [0.25, 0.3) is 0 Å². The van der Waals surface area contributed by atoms with Crippen LogP contribution in [0.1, 0.15) is 31.4 Å². The summed E-state index contributed by atoms with van der Waals surface area (Å²) in [6, 6.07) is 8.22. The van der Waals surface area contributed by atoms with Gasteiger partial charge >= 0.3 is 12.2 Å². The normalized spacial score (nSPS) is 20.0. The number of likely N-dealkylation sites (N-methyl/N-ethyl adjacent to an activating group) is 1. The van der Waals surface area contributed by atoms with E-state index in [2.05, 4.69) is 15.5 Å². The largest absolute Gasteiger partial charge is 0.488 e. The lowest BCUT2D eigenvalue weighted by Crippen LogP contribution is -2.48. The van der Waals surface area contributed by atoms with Gasteiger partial charge in [-0.3, -0.25) is 14.5 Å². The quantitative estimate of drug-likeness (QED) is 0.379. The number of alkyl halides is 3. The molecule has 3 N–H and O–H groups in total. The number of nitrogens with one attached hydrogen (secondary N) is 2. The van der Waals surface area contributed by atoms with Gasteiger partial charge in [-0.05, 0) is 49.4 Å². The molecule has 11 nitrogen and oxygen atoms in total. The number of hydrogen-bond acceptors (Lipinski definition) is 7. The van der Waals surface area contributed by atoms with Crippen LogP contribution in [0.15, 0.2) is 42.5 Å². The van der Waals surface area contributed by atoms with Crippen LogP contribution in [0, 0.1) is 5.92 Å². The number of hydrogen-bond donors (Lipinski definition) is 3. The number of urea groups is 1. The van der Waals surface area contributed by atoms with E-state index in [9.17, 15) is 32.7 Å². The Labute approximate surface area is 266 Å². The third-order valence-corrected chi connectivity index (χ3v) is 8.22. The van der Waals surface area contributed by atoms with Gasteiger partial charge in [0.05, 0.1) is 44.4 Å². The topological polar surface area (TPSA) is 124 Å². The van der Waals surface area contributed by atoms with Crippen LogP contribution in [0.2, 0.25) is 0 Å². The number of anilines is 2. The molecule has 4 amide bonds. The Morgan fingerprint density at radius 3 is 2.41 bits per heavy atom. The van der Waals surface area contributed by atoms with Gasteiger partial charge in [0.15, 0.2) is 0 Å². The first-order valence-electron chi connectivity index (χ1n) is 15.3. The van der Waals surface area contributed by atoms with Gasteiger partial charge in [-0.15, -0.1) is 0 Å². The average molecular weight is 650 g/mol. The standard InChI is InChI=1S/C32H42F3N5O6/c1-21-18-40(22(2)20-41)30(43)17-23-16-26(36-29(42)10-11-39-12-14-45-15-13-39)8-9-27(23)46-28(21)19-38(3)31(44)37-25-6-4-24(5-7-25)32(33,34)35/h4-9,16,21-22,28,41H,10-15,17-20H2,1-3H3,(H,36,42)(H,37,44)/t21-,22-,28+/m1/s1. The molecule has 2 aromatic carbocycles. The summed E-state index contributed by atoms with van der Waals surface area (Å²) in [6.45, 7) is 7.16. The van der Waals surface area contributed by atoms with Gasteiger partial charge < -0.3 is 35.0 Å². The first-order valence-corrected chi connectivity index (χ1v) is 15.3. The zero-order chi connectivity index (χ0) is 33.4. The Kier molecular flexibility index (Phi) is 11.9. The Balaban J connectivity index is 1.49. The molecule has 2 aliphatic heterocycles. The fourth-order valence-electron chi connectivity index (χ4n) is 5.35. The third kappa shape index (κ3) is 9.56. The molecule has 2 aliphatic rings. The Hall–Kier alpha value is -3.88. The lowest BCUT2D eigenvalue weighted by Gasteiger charge is -2.34. The van der Waals surface area contributed by atoms with Crippen LogP contribution >= 0.6 is 0 Å². The van der Waals surface area contributed by atoms with E-state index in [1.807, 2.05) is 6.92 Å². The van der Waals surface area contributed by atoms with E-state index in [1.165, 1.54) is 24.1 Å².